The van der Waals surface area contributed by atoms with E-state index < -0.39 is 0 Å². The van der Waals surface area contributed by atoms with Gasteiger partial charge in [0.05, 0.1) is 18.2 Å². The van der Waals surface area contributed by atoms with Crippen LogP contribution in [0.1, 0.15) is 44.8 Å². The van der Waals surface area contributed by atoms with Gasteiger partial charge in [-0.05, 0) is 34.9 Å². The molecule has 4 rings (SSSR count). The maximum Gasteiger partial charge on any atom is 0.186 e. The lowest BCUT2D eigenvalue weighted by molar-refractivity contribution is 0.0984. The predicted octanol–water partition coefficient (Wildman–Crippen LogP) is 5.69. The van der Waals surface area contributed by atoms with Crippen LogP contribution in [0.5, 0.6) is 5.75 Å². The number of carbonyl (C=O) groups is 2. The van der Waals surface area contributed by atoms with E-state index in [2.05, 4.69) is 9.98 Å². The zero-order valence-corrected chi connectivity index (χ0v) is 18.4. The first-order valence-corrected chi connectivity index (χ1v) is 11.0. The van der Waals surface area contributed by atoms with E-state index >= 15 is 0 Å². The van der Waals surface area contributed by atoms with Crippen molar-refractivity contribution in [2.45, 2.75) is 19.3 Å². The largest absolute Gasteiger partial charge is 0.496 e. The number of aromatic nitrogens is 1. The van der Waals surface area contributed by atoms with Gasteiger partial charge >= 0.3 is 0 Å². The van der Waals surface area contributed by atoms with Crippen LogP contribution >= 0.6 is 22.9 Å². The summed E-state index contributed by atoms with van der Waals surface area (Å²) in [5.74, 6) is 0.433. The fraction of sp³-hybridized carbons (Fsp3) is 0.167. The Hall–Kier alpha value is -3.09. The second kappa shape index (κ2) is 9.37. The number of hydrogen-bond acceptors (Lipinski definition) is 6. The van der Waals surface area contributed by atoms with Gasteiger partial charge in [-0.1, -0.05) is 35.9 Å². The highest BCUT2D eigenvalue weighted by atomic mass is 35.5. The van der Waals surface area contributed by atoms with Crippen molar-refractivity contribution in [1.82, 2.24) is 4.98 Å². The van der Waals surface area contributed by atoms with Crippen LogP contribution in [-0.2, 0) is 6.42 Å². The minimum absolute atomic E-state index is 0.00894. The van der Waals surface area contributed by atoms with Crippen molar-refractivity contribution in [3.63, 3.8) is 0 Å². The van der Waals surface area contributed by atoms with Crippen LogP contribution in [0.15, 0.2) is 64.5 Å². The zero-order valence-electron chi connectivity index (χ0n) is 16.8. The lowest BCUT2D eigenvalue weighted by Crippen LogP contribution is -2.08. The maximum absolute atomic E-state index is 12.7. The van der Waals surface area contributed by atoms with Crippen LogP contribution in [0, 0.1) is 0 Å². The van der Waals surface area contributed by atoms with Gasteiger partial charge in [-0.25, -0.2) is 4.98 Å². The number of allylic oxidation sites excluding steroid dienone is 1. The molecule has 0 atom stereocenters. The van der Waals surface area contributed by atoms with Crippen LogP contribution < -0.4 is 4.74 Å². The van der Waals surface area contributed by atoms with E-state index in [0.29, 0.717) is 34.9 Å². The lowest BCUT2D eigenvalue weighted by atomic mass is 9.97. The van der Waals surface area contributed by atoms with Gasteiger partial charge in [0.25, 0.3) is 0 Å². The Morgan fingerprint density at radius 3 is 2.61 bits per heavy atom. The van der Waals surface area contributed by atoms with E-state index in [1.54, 1.807) is 35.3 Å². The molecule has 1 aromatic heterocycles. The summed E-state index contributed by atoms with van der Waals surface area (Å²) in [6.45, 7) is 0. The van der Waals surface area contributed by atoms with Gasteiger partial charge < -0.3 is 4.74 Å². The minimum Gasteiger partial charge on any atom is -0.496 e. The number of benzene rings is 2. The van der Waals surface area contributed by atoms with E-state index in [4.69, 9.17) is 16.3 Å². The normalized spacial score (nSPS) is 13.0. The first-order chi connectivity index (χ1) is 15.0. The third-order valence-corrected chi connectivity index (χ3v) is 5.85. The van der Waals surface area contributed by atoms with Gasteiger partial charge in [0, 0.05) is 41.6 Å². The Balaban J connectivity index is 1.37. The topological polar surface area (TPSA) is 68.6 Å². The number of thiazole rings is 1. The fourth-order valence-electron chi connectivity index (χ4n) is 3.41. The van der Waals surface area contributed by atoms with E-state index in [9.17, 15) is 9.59 Å². The quantitative estimate of drug-likeness (QED) is 0.413. The van der Waals surface area contributed by atoms with Gasteiger partial charge in [0.1, 0.15) is 11.4 Å². The van der Waals surface area contributed by atoms with Gasteiger partial charge in [0.2, 0.25) is 0 Å². The summed E-state index contributed by atoms with van der Waals surface area (Å²) in [7, 11) is 1.53. The fourth-order valence-corrected chi connectivity index (χ4v) is 4.14. The van der Waals surface area contributed by atoms with Gasteiger partial charge in [0.15, 0.2) is 11.6 Å². The number of rotatable bonds is 8. The molecule has 1 aliphatic heterocycles. The molecule has 0 unspecified atom stereocenters. The first kappa shape index (κ1) is 21.2. The average molecular weight is 451 g/mol. The molecule has 1 aliphatic rings. The third kappa shape index (κ3) is 4.98. The molecule has 0 saturated carbocycles. The highest BCUT2D eigenvalue weighted by molar-refractivity contribution is 7.07. The summed E-state index contributed by atoms with van der Waals surface area (Å²) < 4.78 is 5.28. The molecule has 0 aliphatic carbocycles. The predicted molar refractivity (Wildman–Crippen MR) is 124 cm³/mol. The summed E-state index contributed by atoms with van der Waals surface area (Å²) >= 11 is 7.45. The molecule has 0 spiro atoms. The van der Waals surface area contributed by atoms with E-state index in [0.717, 1.165) is 22.4 Å². The molecule has 31 heavy (non-hydrogen) atoms. The molecule has 0 saturated heterocycles. The number of hydrogen-bond donors (Lipinski definition) is 0. The second-order valence-electron chi connectivity index (χ2n) is 7.14. The smallest absolute Gasteiger partial charge is 0.186 e. The van der Waals surface area contributed by atoms with Crippen LogP contribution in [0.25, 0.3) is 5.57 Å². The van der Waals surface area contributed by atoms with Gasteiger partial charge in [-0.3, -0.25) is 14.6 Å². The Morgan fingerprint density at radius 2 is 1.90 bits per heavy atom. The van der Waals surface area contributed by atoms with E-state index in [1.807, 2.05) is 24.3 Å². The molecule has 5 nitrogen and oxygen atoms in total. The molecule has 156 valence electrons. The van der Waals surface area contributed by atoms with Crippen molar-refractivity contribution in [2.24, 2.45) is 4.99 Å². The Bertz CT molecular complexity index is 1180. The van der Waals surface area contributed by atoms with Crippen LogP contribution in [0.3, 0.4) is 0 Å². The molecule has 0 bridgehead atoms. The molecule has 0 fully saturated rings. The van der Waals surface area contributed by atoms with Crippen LogP contribution in [0.4, 0.5) is 0 Å². The molecular formula is C24H19ClN2O3S. The Kier molecular flexibility index (Phi) is 6.39. The molecule has 7 heteroatoms. The third-order valence-electron chi connectivity index (χ3n) is 5.03. The number of halogens is 1. The monoisotopic (exact) mass is 450 g/mol. The van der Waals surface area contributed by atoms with Crippen LogP contribution in [-0.4, -0.2) is 29.4 Å². The highest BCUT2D eigenvalue weighted by Crippen LogP contribution is 2.28. The molecular weight excluding hydrogens is 432 g/mol. The highest BCUT2D eigenvalue weighted by Gasteiger charge is 2.19. The van der Waals surface area contributed by atoms with Crippen molar-refractivity contribution in [3.8, 4) is 5.75 Å². The number of ether oxygens (including phenoxy) is 1. The first-order valence-electron chi connectivity index (χ1n) is 9.65. The lowest BCUT2D eigenvalue weighted by Gasteiger charge is -2.09. The van der Waals surface area contributed by atoms with Crippen LogP contribution in [0.2, 0.25) is 5.02 Å². The summed E-state index contributed by atoms with van der Waals surface area (Å²) in [5.41, 5.74) is 6.42. The minimum atomic E-state index is -0.0800. The number of Topliss-reactive ketones (excluding diaryl/α,β-unsaturated/α-hetero) is 2. The van der Waals surface area contributed by atoms with Gasteiger partial charge in [-0.2, -0.15) is 0 Å². The summed E-state index contributed by atoms with van der Waals surface area (Å²) in [4.78, 5) is 33.5. The second-order valence-corrected chi connectivity index (χ2v) is 8.30. The Labute approximate surface area is 189 Å². The van der Waals surface area contributed by atoms with E-state index in [1.165, 1.54) is 18.4 Å². The average Bonchev–Trinajstić information content (AvgIpc) is 3.47. The van der Waals surface area contributed by atoms with Crippen molar-refractivity contribution in [2.75, 3.05) is 7.11 Å². The van der Waals surface area contributed by atoms with E-state index in [-0.39, 0.29) is 18.0 Å². The molecule has 0 amide bonds. The summed E-state index contributed by atoms with van der Waals surface area (Å²) in [6.07, 6.45) is 2.93. The molecule has 3 aromatic rings. The maximum atomic E-state index is 12.7. The molecule has 0 N–H and O–H groups in total. The van der Waals surface area contributed by atoms with Gasteiger partial charge in [-0.15, -0.1) is 11.3 Å². The standard InChI is InChI=1S/C24H19ClN2O3S/c1-30-24-7-6-18(25)10-20(24)22(28)11-19-9-17(12-26-19)16-4-2-15(3-5-16)8-23(29)21-13-31-14-27-21/h2-7,10,12-14H,8-9,11H2,1H3. The molecule has 2 aromatic carbocycles. The SMILES string of the molecule is COc1ccc(Cl)cc1C(=O)CC1=NC=C(c2ccc(CC(=O)c3cscn3)cc2)C1. The molecule has 2 heterocycles. The number of carbonyl (C=O) groups excluding carboxylic acids is 2. The zero-order chi connectivity index (χ0) is 21.8. The van der Waals surface area contributed by atoms with Crippen molar-refractivity contribution in [3.05, 3.63) is 87.0 Å². The number of methoxy groups -OCH3 is 1. The molecule has 0 radical (unpaired) electrons. The number of nitrogens with zero attached hydrogens (tertiary/aromatic N) is 2. The Morgan fingerprint density at radius 1 is 1.10 bits per heavy atom. The van der Waals surface area contributed by atoms with Crippen molar-refractivity contribution in [1.29, 1.82) is 0 Å². The number of aliphatic imine (C=N–C) groups is 1. The summed E-state index contributed by atoms with van der Waals surface area (Å²) in [5, 5.41) is 2.25. The summed E-state index contributed by atoms with van der Waals surface area (Å²) in [6, 6.07) is 12.9. The number of ketones is 2. The van der Waals surface area contributed by atoms with Crippen molar-refractivity contribution >= 4 is 45.8 Å². The van der Waals surface area contributed by atoms with Crippen molar-refractivity contribution < 1.29 is 14.3 Å².